The van der Waals surface area contributed by atoms with Crippen molar-refractivity contribution < 1.29 is 4.79 Å². The number of likely N-dealkylation sites (tertiary alicyclic amines) is 1. The molecule has 2 heterocycles. The smallest absolute Gasteiger partial charge is 0.274 e. The van der Waals surface area contributed by atoms with Gasteiger partial charge in [0.15, 0.2) is 5.69 Å². The number of hydrogen-bond donors (Lipinski definition) is 1. The number of carbonyl (C=O) groups is 1. The number of nitrogens with one attached hydrogen (secondary N) is 1. The number of aromatic nitrogens is 2. The Morgan fingerprint density at radius 2 is 1.93 bits per heavy atom. The lowest BCUT2D eigenvalue weighted by atomic mass is 9.93. The first kappa shape index (κ1) is 18.2. The Morgan fingerprint density at radius 1 is 1.19 bits per heavy atom. The van der Waals surface area contributed by atoms with E-state index in [1.165, 1.54) is 23.2 Å². The molecule has 1 aliphatic heterocycles. The second-order valence-electron chi connectivity index (χ2n) is 8.00. The molecule has 2 aliphatic rings. The van der Waals surface area contributed by atoms with Gasteiger partial charge in [-0.3, -0.25) is 4.79 Å². The molecule has 0 spiro atoms. The molecule has 1 aromatic carbocycles. The van der Waals surface area contributed by atoms with Gasteiger partial charge in [0.1, 0.15) is 0 Å². The molecular formula is C22H30N4O. The first-order chi connectivity index (χ1) is 13.2. The van der Waals surface area contributed by atoms with E-state index < -0.39 is 0 Å². The lowest BCUT2D eigenvalue weighted by molar-refractivity contribution is 0.0679. The highest BCUT2D eigenvalue weighted by Crippen LogP contribution is 2.30. The Morgan fingerprint density at radius 3 is 2.63 bits per heavy atom. The second-order valence-corrected chi connectivity index (χ2v) is 8.00. The van der Waals surface area contributed by atoms with Crippen LogP contribution < -0.4 is 5.32 Å². The van der Waals surface area contributed by atoms with E-state index in [4.69, 9.17) is 5.10 Å². The largest absolute Gasteiger partial charge is 0.337 e. The summed E-state index contributed by atoms with van der Waals surface area (Å²) in [7, 11) is 2.00. The number of hydrogen-bond acceptors (Lipinski definition) is 3. The predicted molar refractivity (Wildman–Crippen MR) is 107 cm³/mol. The highest BCUT2D eigenvalue weighted by molar-refractivity contribution is 5.94. The Kier molecular flexibility index (Phi) is 5.30. The maximum atomic E-state index is 13.2. The van der Waals surface area contributed by atoms with E-state index in [0.29, 0.717) is 5.69 Å². The van der Waals surface area contributed by atoms with Gasteiger partial charge in [0.2, 0.25) is 0 Å². The molecule has 4 rings (SSSR count). The van der Waals surface area contributed by atoms with E-state index >= 15 is 0 Å². The van der Waals surface area contributed by atoms with Gasteiger partial charge in [-0.2, -0.15) is 5.10 Å². The number of piperidine rings is 1. The fraction of sp³-hybridized carbons (Fsp3) is 0.545. The Balaban J connectivity index is 1.53. The van der Waals surface area contributed by atoms with E-state index in [2.05, 4.69) is 36.5 Å². The van der Waals surface area contributed by atoms with Crippen LogP contribution in [0.5, 0.6) is 0 Å². The normalized spacial score (nSPS) is 17.3. The molecule has 2 aromatic rings. The lowest BCUT2D eigenvalue weighted by Crippen LogP contribution is -2.39. The summed E-state index contributed by atoms with van der Waals surface area (Å²) in [6.45, 7) is 4.87. The number of amides is 1. The van der Waals surface area contributed by atoms with Crippen molar-refractivity contribution in [3.8, 4) is 5.69 Å². The Bertz CT molecular complexity index is 800. The van der Waals surface area contributed by atoms with Gasteiger partial charge in [-0.05, 0) is 77.1 Å². The number of aryl methyl sites for hydroxylation is 1. The van der Waals surface area contributed by atoms with Crippen LogP contribution >= 0.6 is 0 Å². The average Bonchev–Trinajstić information content (AvgIpc) is 3.30. The van der Waals surface area contributed by atoms with Crippen LogP contribution in [0.2, 0.25) is 0 Å². The molecule has 0 atom stereocenters. The van der Waals surface area contributed by atoms with Crippen molar-refractivity contribution in [1.29, 1.82) is 0 Å². The number of benzene rings is 1. The minimum absolute atomic E-state index is 0.131. The molecule has 0 bridgehead atoms. The van der Waals surface area contributed by atoms with Crippen LogP contribution in [0.3, 0.4) is 0 Å². The van der Waals surface area contributed by atoms with Gasteiger partial charge in [0.05, 0.1) is 5.69 Å². The van der Waals surface area contributed by atoms with Crippen LogP contribution in [0.25, 0.3) is 5.69 Å². The molecule has 27 heavy (non-hydrogen) atoms. The topological polar surface area (TPSA) is 50.2 Å². The molecule has 0 radical (unpaired) electrons. The van der Waals surface area contributed by atoms with Gasteiger partial charge in [-0.15, -0.1) is 0 Å². The highest BCUT2D eigenvalue weighted by atomic mass is 16.2. The Labute approximate surface area is 161 Å². The number of carbonyl (C=O) groups excluding carboxylic acids is 1. The van der Waals surface area contributed by atoms with Gasteiger partial charge in [0, 0.05) is 24.3 Å². The van der Waals surface area contributed by atoms with E-state index in [-0.39, 0.29) is 5.91 Å². The van der Waals surface area contributed by atoms with Crippen LogP contribution in [-0.4, -0.2) is 47.3 Å². The molecule has 5 heteroatoms. The maximum absolute atomic E-state index is 13.2. The van der Waals surface area contributed by atoms with E-state index in [1.807, 2.05) is 16.6 Å². The third-order valence-corrected chi connectivity index (χ3v) is 6.12. The van der Waals surface area contributed by atoms with Crippen LogP contribution in [0.1, 0.15) is 53.0 Å². The minimum Gasteiger partial charge on any atom is -0.337 e. The van der Waals surface area contributed by atoms with E-state index in [9.17, 15) is 4.79 Å². The molecular weight excluding hydrogens is 336 g/mol. The summed E-state index contributed by atoms with van der Waals surface area (Å²) < 4.78 is 2.01. The molecule has 5 nitrogen and oxygen atoms in total. The van der Waals surface area contributed by atoms with Crippen LogP contribution in [0.15, 0.2) is 24.3 Å². The zero-order chi connectivity index (χ0) is 18.8. The molecule has 0 saturated carbocycles. The first-order valence-electron chi connectivity index (χ1n) is 10.3. The van der Waals surface area contributed by atoms with Crippen molar-refractivity contribution in [2.45, 2.75) is 45.4 Å². The van der Waals surface area contributed by atoms with Crippen molar-refractivity contribution in [2.75, 3.05) is 26.7 Å². The fourth-order valence-electron chi connectivity index (χ4n) is 4.43. The second kappa shape index (κ2) is 7.85. The van der Waals surface area contributed by atoms with Crippen molar-refractivity contribution in [1.82, 2.24) is 20.0 Å². The molecule has 1 aromatic heterocycles. The molecule has 1 N–H and O–H groups in total. The zero-order valence-corrected chi connectivity index (χ0v) is 16.5. The molecule has 1 saturated heterocycles. The van der Waals surface area contributed by atoms with E-state index in [1.54, 1.807) is 0 Å². The first-order valence-corrected chi connectivity index (χ1v) is 10.3. The van der Waals surface area contributed by atoms with Gasteiger partial charge < -0.3 is 10.2 Å². The average molecular weight is 367 g/mol. The summed E-state index contributed by atoms with van der Waals surface area (Å²) in [5.74, 6) is 0.864. The van der Waals surface area contributed by atoms with Crippen molar-refractivity contribution in [3.05, 3.63) is 46.8 Å². The van der Waals surface area contributed by atoms with Crippen molar-refractivity contribution in [3.63, 3.8) is 0 Å². The molecule has 1 amide bonds. The molecule has 144 valence electrons. The molecule has 0 unspecified atom stereocenters. The summed E-state index contributed by atoms with van der Waals surface area (Å²) in [4.78, 5) is 15.2. The van der Waals surface area contributed by atoms with Gasteiger partial charge in [0.25, 0.3) is 5.91 Å². The third-order valence-electron chi connectivity index (χ3n) is 6.12. The van der Waals surface area contributed by atoms with Crippen molar-refractivity contribution in [2.24, 2.45) is 5.92 Å². The van der Waals surface area contributed by atoms with Crippen LogP contribution in [0.4, 0.5) is 0 Å². The summed E-state index contributed by atoms with van der Waals surface area (Å²) in [6.07, 6.45) is 6.51. The standard InChI is InChI=1S/C22H30N4O/c1-16-6-8-18(9-7-16)26-20-5-3-4-19(20)21(24-26)22(27)25-14-11-17(12-15-25)10-13-23-2/h6-9,17,23H,3-5,10-15H2,1-2H3. The maximum Gasteiger partial charge on any atom is 0.274 e. The summed E-state index contributed by atoms with van der Waals surface area (Å²) in [5.41, 5.74) is 5.39. The Hall–Kier alpha value is -2.14. The van der Waals surface area contributed by atoms with Crippen LogP contribution in [0, 0.1) is 12.8 Å². The number of nitrogens with zero attached hydrogens (tertiary/aromatic N) is 3. The quantitative estimate of drug-likeness (QED) is 0.884. The highest BCUT2D eigenvalue weighted by Gasteiger charge is 2.31. The molecule has 1 fully saturated rings. The monoisotopic (exact) mass is 366 g/mol. The summed E-state index contributed by atoms with van der Waals surface area (Å²) in [5, 5.41) is 8.02. The van der Waals surface area contributed by atoms with Gasteiger partial charge in [-0.25, -0.2) is 4.68 Å². The third kappa shape index (κ3) is 3.65. The zero-order valence-electron chi connectivity index (χ0n) is 16.5. The number of fused-ring (bicyclic) bond motifs is 1. The molecule has 1 aliphatic carbocycles. The van der Waals surface area contributed by atoms with Crippen LogP contribution in [-0.2, 0) is 12.8 Å². The van der Waals surface area contributed by atoms with Gasteiger partial charge >= 0.3 is 0 Å². The SMILES string of the molecule is CNCCC1CCN(C(=O)c2nn(-c3ccc(C)cc3)c3c2CCC3)CC1. The van der Waals surface area contributed by atoms with E-state index in [0.717, 1.165) is 63.3 Å². The number of rotatable bonds is 5. The summed E-state index contributed by atoms with van der Waals surface area (Å²) in [6, 6.07) is 8.41. The minimum atomic E-state index is 0.131. The summed E-state index contributed by atoms with van der Waals surface area (Å²) >= 11 is 0. The van der Waals surface area contributed by atoms with Crippen molar-refractivity contribution >= 4 is 5.91 Å². The predicted octanol–water partition coefficient (Wildman–Crippen LogP) is 3.13. The fourth-order valence-corrected chi connectivity index (χ4v) is 4.43. The lowest BCUT2D eigenvalue weighted by Gasteiger charge is -2.31. The van der Waals surface area contributed by atoms with Gasteiger partial charge in [-0.1, -0.05) is 17.7 Å².